The van der Waals surface area contributed by atoms with Crippen LogP contribution in [0.1, 0.15) is 12.5 Å². The number of rotatable bonds is 4. The fourth-order valence-corrected chi connectivity index (χ4v) is 2.72. The molecule has 0 atom stereocenters. The van der Waals surface area contributed by atoms with E-state index in [-0.39, 0.29) is 18.3 Å². The summed E-state index contributed by atoms with van der Waals surface area (Å²) in [6.07, 6.45) is 1.45. The van der Waals surface area contributed by atoms with E-state index in [0.29, 0.717) is 14.8 Å². The second kappa shape index (κ2) is 6.10. The van der Waals surface area contributed by atoms with E-state index in [9.17, 15) is 20.0 Å². The molecule has 1 aliphatic heterocycles. The van der Waals surface area contributed by atoms with Crippen LogP contribution in [0.3, 0.4) is 0 Å². The van der Waals surface area contributed by atoms with Gasteiger partial charge in [-0.2, -0.15) is 0 Å². The Kier molecular flexibility index (Phi) is 4.43. The summed E-state index contributed by atoms with van der Waals surface area (Å²) in [5.74, 6) is -0.911. The predicted octanol–water partition coefficient (Wildman–Crippen LogP) is 2.19. The quantitative estimate of drug-likeness (QED) is 0.378. The fourth-order valence-electron chi connectivity index (χ4n) is 1.67. The lowest BCUT2D eigenvalue weighted by Crippen LogP contribution is -2.17. The molecule has 1 aromatic rings. The molecule has 0 radical (unpaired) electrons. The van der Waals surface area contributed by atoms with Gasteiger partial charge in [0.2, 0.25) is 5.75 Å². The maximum absolute atomic E-state index is 11.6. The molecule has 1 amide bonds. The number of hydrogen-bond donors (Lipinski definition) is 2. The number of hydrogen-bond acceptors (Lipinski definition) is 7. The normalized spacial score (nSPS) is 16.1. The third kappa shape index (κ3) is 3.31. The van der Waals surface area contributed by atoms with Gasteiger partial charge in [0.25, 0.3) is 5.91 Å². The number of phenolic OH excluding ortho intramolecular Hbond substituents is 1. The van der Waals surface area contributed by atoms with Gasteiger partial charge in [-0.3, -0.25) is 14.9 Å². The van der Waals surface area contributed by atoms with Gasteiger partial charge >= 0.3 is 5.69 Å². The number of nitrogens with one attached hydrogen (secondary N) is 1. The number of nitro groups is 1. The molecule has 0 aromatic heterocycles. The van der Waals surface area contributed by atoms with Gasteiger partial charge in [0, 0.05) is 6.07 Å². The summed E-state index contributed by atoms with van der Waals surface area (Å²) < 4.78 is 5.49. The first-order chi connectivity index (χ1) is 9.92. The Morgan fingerprint density at radius 1 is 1.57 bits per heavy atom. The van der Waals surface area contributed by atoms with Gasteiger partial charge in [-0.1, -0.05) is 24.0 Å². The van der Waals surface area contributed by atoms with Crippen LogP contribution in [0.15, 0.2) is 17.0 Å². The Hall–Kier alpha value is -2.13. The minimum atomic E-state index is -0.716. The molecule has 0 bridgehead atoms. The molecule has 110 valence electrons. The van der Waals surface area contributed by atoms with Crippen molar-refractivity contribution in [2.75, 3.05) is 6.61 Å². The van der Waals surface area contributed by atoms with E-state index in [1.165, 1.54) is 18.2 Å². The molecule has 0 spiro atoms. The van der Waals surface area contributed by atoms with Crippen LogP contribution >= 0.6 is 24.0 Å². The number of benzene rings is 1. The van der Waals surface area contributed by atoms with E-state index in [4.69, 9.17) is 17.0 Å². The first-order valence-electron chi connectivity index (χ1n) is 5.81. The topological polar surface area (TPSA) is 102 Å². The number of nitro benzene ring substituents is 1. The number of carbonyl (C=O) groups excluding carboxylic acids is 1. The third-order valence-corrected chi connectivity index (χ3v) is 3.68. The lowest BCUT2D eigenvalue weighted by Gasteiger charge is -2.07. The molecule has 21 heavy (non-hydrogen) atoms. The molecule has 1 aromatic carbocycles. The average molecular weight is 326 g/mol. The molecule has 1 heterocycles. The average Bonchev–Trinajstić information content (AvgIpc) is 2.71. The number of thioether (sulfide) groups is 1. The van der Waals surface area contributed by atoms with Crippen LogP contribution in [0.4, 0.5) is 5.69 Å². The molecule has 2 N–H and O–H groups in total. The highest BCUT2D eigenvalue weighted by molar-refractivity contribution is 8.26. The highest BCUT2D eigenvalue weighted by atomic mass is 32.2. The van der Waals surface area contributed by atoms with E-state index in [2.05, 4.69) is 5.32 Å². The summed E-state index contributed by atoms with van der Waals surface area (Å²) in [6, 6.07) is 2.59. The van der Waals surface area contributed by atoms with Gasteiger partial charge in [-0.05, 0) is 24.6 Å². The first-order valence-corrected chi connectivity index (χ1v) is 7.04. The van der Waals surface area contributed by atoms with Crippen LogP contribution in [-0.4, -0.2) is 26.9 Å². The molecular formula is C12H10N2O5S2. The molecule has 7 nitrogen and oxygen atoms in total. The Morgan fingerprint density at radius 3 is 2.81 bits per heavy atom. The maximum atomic E-state index is 11.6. The van der Waals surface area contributed by atoms with Crippen LogP contribution < -0.4 is 10.1 Å². The van der Waals surface area contributed by atoms with Gasteiger partial charge in [-0.15, -0.1) is 0 Å². The van der Waals surface area contributed by atoms with Crippen molar-refractivity contribution in [3.63, 3.8) is 0 Å². The zero-order chi connectivity index (χ0) is 15.6. The molecule has 2 rings (SSSR count). The van der Waals surface area contributed by atoms with Gasteiger partial charge < -0.3 is 15.2 Å². The van der Waals surface area contributed by atoms with Crippen LogP contribution in [-0.2, 0) is 4.79 Å². The summed E-state index contributed by atoms with van der Waals surface area (Å²) in [5, 5.41) is 23.2. The molecule has 0 saturated carbocycles. The standard InChI is InChI=1S/C12H10N2O5S2/c1-2-19-8-4-6(3-7(10(8)15)14(17)18)5-9-11(16)13-12(20)21-9/h3-5,15H,2H2,1H3,(H,13,16,20)/b9-5+. The summed E-state index contributed by atoms with van der Waals surface area (Å²) >= 11 is 5.93. The van der Waals surface area contributed by atoms with Crippen molar-refractivity contribution in [3.05, 3.63) is 32.7 Å². The second-order valence-electron chi connectivity index (χ2n) is 3.93. The minimum Gasteiger partial charge on any atom is -0.500 e. The Labute approximate surface area is 129 Å². The summed E-state index contributed by atoms with van der Waals surface area (Å²) in [4.78, 5) is 22.1. The molecule has 1 saturated heterocycles. The molecule has 0 unspecified atom stereocenters. The van der Waals surface area contributed by atoms with E-state index in [0.717, 1.165) is 11.8 Å². The Morgan fingerprint density at radius 2 is 2.29 bits per heavy atom. The van der Waals surface area contributed by atoms with E-state index >= 15 is 0 Å². The number of ether oxygens (including phenoxy) is 1. The summed E-state index contributed by atoms with van der Waals surface area (Å²) in [7, 11) is 0. The van der Waals surface area contributed by atoms with Crippen molar-refractivity contribution in [1.82, 2.24) is 5.32 Å². The zero-order valence-electron chi connectivity index (χ0n) is 10.8. The monoisotopic (exact) mass is 326 g/mol. The van der Waals surface area contributed by atoms with Crippen molar-refractivity contribution in [3.8, 4) is 11.5 Å². The Balaban J connectivity index is 2.49. The molecule has 1 aliphatic rings. The maximum Gasteiger partial charge on any atom is 0.315 e. The largest absolute Gasteiger partial charge is 0.500 e. The van der Waals surface area contributed by atoms with E-state index < -0.39 is 16.4 Å². The summed E-state index contributed by atoms with van der Waals surface area (Å²) in [5.41, 5.74) is -0.121. The molecular weight excluding hydrogens is 316 g/mol. The second-order valence-corrected chi connectivity index (χ2v) is 5.65. The predicted molar refractivity (Wildman–Crippen MR) is 82.2 cm³/mol. The number of nitrogens with zero attached hydrogens (tertiary/aromatic N) is 1. The van der Waals surface area contributed by atoms with Crippen molar-refractivity contribution < 1.29 is 19.6 Å². The number of carbonyl (C=O) groups is 1. The van der Waals surface area contributed by atoms with Crippen LogP contribution in [0, 0.1) is 10.1 Å². The first kappa shape index (κ1) is 15.3. The Bertz CT molecular complexity index is 672. The van der Waals surface area contributed by atoms with Gasteiger partial charge in [0.1, 0.15) is 4.32 Å². The van der Waals surface area contributed by atoms with Gasteiger partial charge in [0.05, 0.1) is 16.4 Å². The van der Waals surface area contributed by atoms with Crippen LogP contribution in [0.2, 0.25) is 0 Å². The molecule has 0 aliphatic carbocycles. The minimum absolute atomic E-state index is 0.00969. The van der Waals surface area contributed by atoms with Crippen LogP contribution in [0.5, 0.6) is 11.5 Å². The van der Waals surface area contributed by atoms with Gasteiger partial charge in [-0.25, -0.2) is 0 Å². The summed E-state index contributed by atoms with van der Waals surface area (Å²) in [6.45, 7) is 1.93. The van der Waals surface area contributed by atoms with Crippen molar-refractivity contribution in [2.45, 2.75) is 6.92 Å². The van der Waals surface area contributed by atoms with E-state index in [1.54, 1.807) is 6.92 Å². The molecule has 1 fully saturated rings. The van der Waals surface area contributed by atoms with E-state index in [1.807, 2.05) is 0 Å². The van der Waals surface area contributed by atoms with Crippen molar-refractivity contribution >= 4 is 46.0 Å². The highest BCUT2D eigenvalue weighted by Gasteiger charge is 2.24. The lowest BCUT2D eigenvalue weighted by atomic mass is 10.1. The third-order valence-electron chi connectivity index (χ3n) is 2.51. The van der Waals surface area contributed by atoms with Crippen molar-refractivity contribution in [2.24, 2.45) is 0 Å². The zero-order valence-corrected chi connectivity index (χ0v) is 12.4. The smallest absolute Gasteiger partial charge is 0.315 e. The SMILES string of the molecule is CCOc1cc(/C=C2/SC(=S)NC2=O)cc([N+](=O)[O-])c1O. The number of thiocarbonyl (C=S) groups is 1. The number of amides is 1. The highest BCUT2D eigenvalue weighted by Crippen LogP contribution is 2.38. The van der Waals surface area contributed by atoms with Crippen LogP contribution in [0.25, 0.3) is 6.08 Å². The number of phenols is 1. The fraction of sp³-hybridized carbons (Fsp3) is 0.167. The van der Waals surface area contributed by atoms with Crippen molar-refractivity contribution in [1.29, 1.82) is 0 Å². The molecule has 9 heteroatoms. The lowest BCUT2D eigenvalue weighted by molar-refractivity contribution is -0.386. The van der Waals surface area contributed by atoms with Gasteiger partial charge in [0.15, 0.2) is 5.75 Å². The number of aromatic hydroxyl groups is 1.